The minimum atomic E-state index is -0.266. The van der Waals surface area contributed by atoms with Crippen LogP contribution >= 0.6 is 0 Å². The molecule has 0 saturated heterocycles. The predicted octanol–water partition coefficient (Wildman–Crippen LogP) is 2.45. The number of benzene rings is 1. The van der Waals surface area contributed by atoms with Gasteiger partial charge in [-0.15, -0.1) is 0 Å². The molecule has 0 amide bonds. The van der Waals surface area contributed by atoms with Crippen LogP contribution in [0.15, 0.2) is 18.2 Å². The molecule has 0 unspecified atom stereocenters. The van der Waals surface area contributed by atoms with E-state index in [2.05, 4.69) is 0 Å². The van der Waals surface area contributed by atoms with E-state index >= 15 is 0 Å². The fourth-order valence-electron chi connectivity index (χ4n) is 1.19. The van der Waals surface area contributed by atoms with Crippen LogP contribution in [0.3, 0.4) is 0 Å². The van der Waals surface area contributed by atoms with E-state index in [0.29, 0.717) is 6.42 Å². The Balaban J connectivity index is 3.05. The lowest BCUT2D eigenvalue weighted by molar-refractivity contribution is 0.625. The average molecular weight is 163 g/mol. The zero-order valence-electron chi connectivity index (χ0n) is 6.97. The third-order valence-corrected chi connectivity index (χ3v) is 1.82. The van der Waals surface area contributed by atoms with Crippen LogP contribution in [0.25, 0.3) is 0 Å². The summed E-state index contributed by atoms with van der Waals surface area (Å²) in [5, 5.41) is 8.46. The van der Waals surface area contributed by atoms with Crippen molar-refractivity contribution < 1.29 is 4.39 Å². The van der Waals surface area contributed by atoms with E-state index in [9.17, 15) is 4.39 Å². The van der Waals surface area contributed by atoms with Gasteiger partial charge in [-0.25, -0.2) is 4.39 Å². The first kappa shape index (κ1) is 8.73. The Labute approximate surface area is 71.4 Å². The maximum Gasteiger partial charge on any atom is 0.123 e. The first-order chi connectivity index (χ1) is 5.77. The monoisotopic (exact) mass is 163 g/mol. The summed E-state index contributed by atoms with van der Waals surface area (Å²) in [5.41, 5.74) is 1.86. The molecular formula is C10H10FN. The lowest BCUT2D eigenvalue weighted by Crippen LogP contribution is -1.92. The molecule has 0 atom stereocenters. The molecular weight excluding hydrogens is 153 g/mol. The quantitative estimate of drug-likeness (QED) is 0.657. The second-order valence-electron chi connectivity index (χ2n) is 2.60. The molecule has 0 heterocycles. The zero-order valence-corrected chi connectivity index (χ0v) is 6.97. The largest absolute Gasteiger partial charge is 0.207 e. The van der Waals surface area contributed by atoms with E-state index in [4.69, 9.17) is 5.26 Å². The van der Waals surface area contributed by atoms with Gasteiger partial charge in [0.1, 0.15) is 5.82 Å². The van der Waals surface area contributed by atoms with E-state index in [1.807, 2.05) is 13.0 Å². The maximum absolute atomic E-state index is 12.7. The first-order valence-electron chi connectivity index (χ1n) is 3.92. The van der Waals surface area contributed by atoms with Gasteiger partial charge in [0.15, 0.2) is 0 Å². The Morgan fingerprint density at radius 3 is 2.75 bits per heavy atom. The SMILES string of the molecule is CCc1ccc(F)cc1CC#N. The molecule has 1 aromatic rings. The average Bonchev–Trinajstić information content (AvgIpc) is 2.05. The van der Waals surface area contributed by atoms with Gasteiger partial charge in [0.25, 0.3) is 0 Å². The number of nitriles is 1. The van der Waals surface area contributed by atoms with Crippen LogP contribution in [0.5, 0.6) is 0 Å². The highest BCUT2D eigenvalue weighted by molar-refractivity contribution is 5.29. The number of aryl methyl sites for hydroxylation is 1. The fraction of sp³-hybridized carbons (Fsp3) is 0.300. The molecule has 62 valence electrons. The molecule has 1 rings (SSSR count). The summed E-state index contributed by atoms with van der Waals surface area (Å²) in [5.74, 6) is -0.266. The Bertz CT molecular complexity index is 312. The van der Waals surface area contributed by atoms with E-state index in [1.54, 1.807) is 6.07 Å². The van der Waals surface area contributed by atoms with Gasteiger partial charge >= 0.3 is 0 Å². The van der Waals surface area contributed by atoms with Gasteiger partial charge in [-0.1, -0.05) is 13.0 Å². The molecule has 2 heteroatoms. The Morgan fingerprint density at radius 2 is 2.17 bits per heavy atom. The fourth-order valence-corrected chi connectivity index (χ4v) is 1.19. The summed E-state index contributed by atoms with van der Waals surface area (Å²) in [6.45, 7) is 1.99. The van der Waals surface area contributed by atoms with Crippen molar-refractivity contribution in [3.8, 4) is 6.07 Å². The summed E-state index contributed by atoms with van der Waals surface area (Å²) in [6, 6.07) is 6.62. The molecule has 0 fully saturated rings. The summed E-state index contributed by atoms with van der Waals surface area (Å²) in [7, 11) is 0. The van der Waals surface area contributed by atoms with Gasteiger partial charge in [-0.05, 0) is 29.7 Å². The highest BCUT2D eigenvalue weighted by Crippen LogP contribution is 2.12. The van der Waals surface area contributed by atoms with Gasteiger partial charge in [-0.3, -0.25) is 0 Å². The van der Waals surface area contributed by atoms with Crippen molar-refractivity contribution in [2.75, 3.05) is 0 Å². The summed E-state index contributed by atoms with van der Waals surface area (Å²) < 4.78 is 12.7. The zero-order chi connectivity index (χ0) is 8.97. The van der Waals surface area contributed by atoms with Crippen LogP contribution in [-0.2, 0) is 12.8 Å². The Hall–Kier alpha value is -1.36. The van der Waals surface area contributed by atoms with Crippen molar-refractivity contribution in [3.05, 3.63) is 35.1 Å². The van der Waals surface area contributed by atoms with E-state index in [1.165, 1.54) is 12.1 Å². The van der Waals surface area contributed by atoms with Gasteiger partial charge < -0.3 is 0 Å². The van der Waals surface area contributed by atoms with Gasteiger partial charge in [0, 0.05) is 0 Å². The second kappa shape index (κ2) is 3.87. The first-order valence-corrected chi connectivity index (χ1v) is 3.92. The highest BCUT2D eigenvalue weighted by atomic mass is 19.1. The van der Waals surface area contributed by atoms with E-state index in [0.717, 1.165) is 17.5 Å². The smallest absolute Gasteiger partial charge is 0.123 e. The molecule has 0 N–H and O–H groups in total. The second-order valence-corrected chi connectivity index (χ2v) is 2.60. The van der Waals surface area contributed by atoms with Crippen molar-refractivity contribution in [1.29, 1.82) is 5.26 Å². The lowest BCUT2D eigenvalue weighted by atomic mass is 10.0. The van der Waals surface area contributed by atoms with E-state index in [-0.39, 0.29) is 5.82 Å². The van der Waals surface area contributed by atoms with Crippen LogP contribution in [0.1, 0.15) is 18.1 Å². The number of halogens is 1. The summed E-state index contributed by atoms with van der Waals surface area (Å²) in [4.78, 5) is 0. The molecule has 0 radical (unpaired) electrons. The number of hydrogen-bond donors (Lipinski definition) is 0. The van der Waals surface area contributed by atoms with Crippen molar-refractivity contribution >= 4 is 0 Å². The minimum absolute atomic E-state index is 0.266. The normalized spacial score (nSPS) is 9.42. The van der Waals surface area contributed by atoms with Gasteiger partial charge in [-0.2, -0.15) is 5.26 Å². The lowest BCUT2D eigenvalue weighted by Gasteiger charge is -2.02. The summed E-state index contributed by atoms with van der Waals surface area (Å²) >= 11 is 0. The molecule has 1 nitrogen and oxygen atoms in total. The Kier molecular flexibility index (Phi) is 2.82. The molecule has 1 aromatic carbocycles. The summed E-state index contributed by atoms with van der Waals surface area (Å²) in [6.07, 6.45) is 1.14. The Morgan fingerprint density at radius 1 is 1.42 bits per heavy atom. The van der Waals surface area contributed by atoms with E-state index < -0.39 is 0 Å². The molecule has 0 aliphatic heterocycles. The van der Waals surface area contributed by atoms with Crippen LogP contribution in [0.2, 0.25) is 0 Å². The molecule has 0 aliphatic rings. The molecule has 0 aromatic heterocycles. The number of rotatable bonds is 2. The highest BCUT2D eigenvalue weighted by Gasteiger charge is 2.01. The van der Waals surface area contributed by atoms with Crippen LogP contribution in [0, 0.1) is 17.1 Å². The molecule has 0 spiro atoms. The standard InChI is InChI=1S/C10H10FN/c1-2-8-3-4-10(11)7-9(8)5-6-12/h3-4,7H,2,5H2,1H3. The third-order valence-electron chi connectivity index (χ3n) is 1.82. The number of nitrogens with zero attached hydrogens (tertiary/aromatic N) is 1. The maximum atomic E-state index is 12.7. The van der Waals surface area contributed by atoms with Crippen LogP contribution in [-0.4, -0.2) is 0 Å². The van der Waals surface area contributed by atoms with Crippen LogP contribution < -0.4 is 0 Å². The topological polar surface area (TPSA) is 23.8 Å². The molecule has 0 saturated carbocycles. The van der Waals surface area contributed by atoms with Crippen molar-refractivity contribution in [3.63, 3.8) is 0 Å². The van der Waals surface area contributed by atoms with Crippen LogP contribution in [0.4, 0.5) is 4.39 Å². The van der Waals surface area contributed by atoms with Crippen molar-refractivity contribution in [1.82, 2.24) is 0 Å². The molecule has 0 bridgehead atoms. The molecule has 12 heavy (non-hydrogen) atoms. The van der Waals surface area contributed by atoms with Crippen molar-refractivity contribution in [2.45, 2.75) is 19.8 Å². The third kappa shape index (κ3) is 1.82. The van der Waals surface area contributed by atoms with Crippen molar-refractivity contribution in [2.24, 2.45) is 0 Å². The predicted molar refractivity (Wildman–Crippen MR) is 45.1 cm³/mol. The van der Waals surface area contributed by atoms with Gasteiger partial charge in [0.05, 0.1) is 12.5 Å². The minimum Gasteiger partial charge on any atom is -0.207 e. The van der Waals surface area contributed by atoms with Gasteiger partial charge in [0.2, 0.25) is 0 Å². The molecule has 0 aliphatic carbocycles. The number of hydrogen-bond acceptors (Lipinski definition) is 1.